The van der Waals surface area contributed by atoms with Crippen LogP contribution in [0.2, 0.25) is 10.0 Å². The lowest BCUT2D eigenvalue weighted by Crippen LogP contribution is -2.37. The fourth-order valence-corrected chi connectivity index (χ4v) is 4.76. The molecule has 2 heterocycles. The third-order valence-electron chi connectivity index (χ3n) is 6.05. The lowest BCUT2D eigenvalue weighted by molar-refractivity contribution is -0.126. The van der Waals surface area contributed by atoms with Crippen molar-refractivity contribution in [3.05, 3.63) is 82.3 Å². The predicted molar refractivity (Wildman–Crippen MR) is 129 cm³/mol. The van der Waals surface area contributed by atoms with Crippen molar-refractivity contribution in [1.29, 1.82) is 0 Å². The molecule has 3 atom stereocenters. The minimum absolute atomic E-state index is 0.247. The zero-order valence-electron chi connectivity index (χ0n) is 18.3. The summed E-state index contributed by atoms with van der Waals surface area (Å²) in [5.41, 5.74) is 1.74. The molecule has 2 aliphatic rings. The van der Waals surface area contributed by atoms with Gasteiger partial charge in [0.1, 0.15) is 17.4 Å². The molecule has 0 N–H and O–H groups in total. The number of para-hydroxylation sites is 1. The van der Waals surface area contributed by atoms with Crippen LogP contribution in [-0.4, -0.2) is 32.1 Å². The quantitative estimate of drug-likeness (QED) is 0.458. The van der Waals surface area contributed by atoms with E-state index in [0.717, 1.165) is 4.90 Å². The Morgan fingerprint density at radius 2 is 1.59 bits per heavy atom. The molecule has 2 aliphatic heterocycles. The number of carbonyl (C=O) groups excluding carboxylic acids is 2. The van der Waals surface area contributed by atoms with Crippen molar-refractivity contribution in [3.8, 4) is 11.5 Å². The van der Waals surface area contributed by atoms with Crippen LogP contribution in [0.3, 0.4) is 0 Å². The number of anilines is 2. The maximum absolute atomic E-state index is 13.7. The third-order valence-corrected chi connectivity index (χ3v) is 6.79. The highest BCUT2D eigenvalue weighted by atomic mass is 35.5. The monoisotopic (exact) mass is 498 g/mol. The van der Waals surface area contributed by atoms with Gasteiger partial charge >= 0.3 is 0 Å². The molecular formula is C25H20Cl2N2O5. The average molecular weight is 499 g/mol. The Balaban J connectivity index is 1.62. The molecule has 5 rings (SSSR count). The predicted octanol–water partition coefficient (Wildman–Crippen LogP) is 5.06. The highest BCUT2D eigenvalue weighted by Crippen LogP contribution is 2.50. The second-order valence-electron chi connectivity index (χ2n) is 7.88. The minimum Gasteiger partial charge on any atom is -0.497 e. The Morgan fingerprint density at radius 1 is 0.824 bits per heavy atom. The first-order valence-electron chi connectivity index (χ1n) is 10.5. The van der Waals surface area contributed by atoms with E-state index in [1.165, 1.54) is 6.07 Å². The number of hydroxylamine groups is 1. The maximum Gasteiger partial charge on any atom is 0.266 e. The molecular weight excluding hydrogens is 479 g/mol. The van der Waals surface area contributed by atoms with E-state index < -0.39 is 29.9 Å². The van der Waals surface area contributed by atoms with Crippen LogP contribution in [0.5, 0.6) is 11.5 Å². The minimum atomic E-state index is -1.01. The van der Waals surface area contributed by atoms with E-state index in [1.807, 2.05) is 36.4 Å². The molecule has 0 aliphatic carbocycles. The molecule has 2 saturated heterocycles. The first kappa shape index (κ1) is 22.5. The summed E-state index contributed by atoms with van der Waals surface area (Å²) < 4.78 is 11.0. The highest BCUT2D eigenvalue weighted by molar-refractivity contribution is 6.42. The first-order valence-corrected chi connectivity index (χ1v) is 11.3. The molecule has 9 heteroatoms. The van der Waals surface area contributed by atoms with Crippen LogP contribution >= 0.6 is 23.2 Å². The first-order chi connectivity index (χ1) is 16.4. The molecule has 0 aromatic heterocycles. The number of halogens is 2. The van der Waals surface area contributed by atoms with Gasteiger partial charge in [0.2, 0.25) is 5.91 Å². The van der Waals surface area contributed by atoms with Crippen LogP contribution in [-0.2, 0) is 14.4 Å². The van der Waals surface area contributed by atoms with E-state index in [2.05, 4.69) is 0 Å². The number of rotatable bonds is 5. The Morgan fingerprint density at radius 3 is 2.26 bits per heavy atom. The van der Waals surface area contributed by atoms with E-state index in [1.54, 1.807) is 43.5 Å². The van der Waals surface area contributed by atoms with Crippen molar-refractivity contribution in [2.24, 2.45) is 5.92 Å². The SMILES string of the molecule is COc1ccc([C@H]2[C@H]3C(=O)N(c4ccc(Cl)c(Cl)c4)C(=O)[C@@H]3ON2c2ccccc2)c(OC)c1. The van der Waals surface area contributed by atoms with Crippen LogP contribution in [0.25, 0.3) is 0 Å². The van der Waals surface area contributed by atoms with Crippen LogP contribution in [0.1, 0.15) is 11.6 Å². The smallest absolute Gasteiger partial charge is 0.266 e. The van der Waals surface area contributed by atoms with Crippen molar-refractivity contribution in [2.45, 2.75) is 12.1 Å². The lowest BCUT2D eigenvalue weighted by Gasteiger charge is -2.29. The average Bonchev–Trinajstić information content (AvgIpc) is 3.36. The van der Waals surface area contributed by atoms with Crippen LogP contribution in [0.15, 0.2) is 66.7 Å². The van der Waals surface area contributed by atoms with Gasteiger partial charge in [-0.2, -0.15) is 0 Å². The van der Waals surface area contributed by atoms with Gasteiger partial charge in [0.15, 0.2) is 6.10 Å². The summed E-state index contributed by atoms with van der Waals surface area (Å²) >= 11 is 12.2. The molecule has 2 fully saturated rings. The fraction of sp³-hybridized carbons (Fsp3) is 0.200. The molecule has 2 amide bonds. The van der Waals surface area contributed by atoms with Crippen molar-refractivity contribution < 1.29 is 23.9 Å². The van der Waals surface area contributed by atoms with Crippen molar-refractivity contribution in [3.63, 3.8) is 0 Å². The maximum atomic E-state index is 13.7. The van der Waals surface area contributed by atoms with Crippen molar-refractivity contribution >= 4 is 46.4 Å². The summed E-state index contributed by atoms with van der Waals surface area (Å²) in [5.74, 6) is -0.556. The van der Waals surface area contributed by atoms with E-state index in [0.29, 0.717) is 33.5 Å². The van der Waals surface area contributed by atoms with Gasteiger partial charge in [-0.15, -0.1) is 0 Å². The number of ether oxygens (including phenoxy) is 2. The number of benzene rings is 3. The lowest BCUT2D eigenvalue weighted by atomic mass is 9.90. The van der Waals surface area contributed by atoms with Crippen LogP contribution in [0, 0.1) is 5.92 Å². The molecule has 3 aromatic rings. The Kier molecular flexibility index (Phi) is 5.85. The number of amides is 2. The van der Waals surface area contributed by atoms with E-state index in [-0.39, 0.29) is 5.02 Å². The number of methoxy groups -OCH3 is 2. The molecule has 34 heavy (non-hydrogen) atoms. The third kappa shape index (κ3) is 3.57. The summed E-state index contributed by atoms with van der Waals surface area (Å²) in [4.78, 5) is 34.4. The van der Waals surface area contributed by atoms with Crippen molar-refractivity contribution in [2.75, 3.05) is 24.2 Å². The summed E-state index contributed by atoms with van der Waals surface area (Å²) in [5, 5.41) is 2.19. The molecule has 0 saturated carbocycles. The topological polar surface area (TPSA) is 68.3 Å². The van der Waals surface area contributed by atoms with E-state index >= 15 is 0 Å². The summed E-state index contributed by atoms with van der Waals surface area (Å²) in [6.45, 7) is 0. The molecule has 3 aromatic carbocycles. The standard InChI is InChI=1S/C25H20Cl2N2O5/c1-32-16-9-10-17(20(13-16)33-2)22-21-23(34-29(22)14-6-4-3-5-7-14)25(31)28(24(21)30)15-8-11-18(26)19(27)12-15/h3-13,21-23H,1-2H3/t21-,22+,23-/m1/s1. The normalized spacial score (nSPS) is 21.7. The number of hydrogen-bond donors (Lipinski definition) is 0. The van der Waals surface area contributed by atoms with Gasteiger partial charge in [0.05, 0.1) is 41.7 Å². The zero-order chi connectivity index (χ0) is 24.0. The van der Waals surface area contributed by atoms with E-state index in [4.69, 9.17) is 37.5 Å². The zero-order valence-corrected chi connectivity index (χ0v) is 19.8. The van der Waals surface area contributed by atoms with Crippen LogP contribution < -0.4 is 19.4 Å². The Hall–Kier alpha value is -3.26. The molecule has 0 bridgehead atoms. The molecule has 0 spiro atoms. The molecule has 7 nitrogen and oxygen atoms in total. The number of imide groups is 1. The molecule has 174 valence electrons. The fourth-order valence-electron chi connectivity index (χ4n) is 4.47. The number of hydrogen-bond acceptors (Lipinski definition) is 6. The second-order valence-corrected chi connectivity index (χ2v) is 8.69. The summed E-state index contributed by atoms with van der Waals surface area (Å²) in [7, 11) is 3.11. The van der Waals surface area contributed by atoms with Gasteiger partial charge in [-0.3, -0.25) is 14.4 Å². The van der Waals surface area contributed by atoms with Gasteiger partial charge in [-0.1, -0.05) is 41.4 Å². The summed E-state index contributed by atoms with van der Waals surface area (Å²) in [6, 6.07) is 18.7. The largest absolute Gasteiger partial charge is 0.497 e. The van der Waals surface area contributed by atoms with Gasteiger partial charge in [0.25, 0.3) is 5.91 Å². The van der Waals surface area contributed by atoms with Gasteiger partial charge < -0.3 is 9.47 Å². The summed E-state index contributed by atoms with van der Waals surface area (Å²) in [6.07, 6.45) is -1.01. The van der Waals surface area contributed by atoms with Gasteiger partial charge in [0, 0.05) is 11.6 Å². The van der Waals surface area contributed by atoms with E-state index in [9.17, 15) is 9.59 Å². The second kappa shape index (κ2) is 8.83. The molecule has 0 unspecified atom stereocenters. The number of nitrogens with zero attached hydrogens (tertiary/aromatic N) is 2. The Labute approximate surface area is 206 Å². The Bertz CT molecular complexity index is 1270. The highest BCUT2D eigenvalue weighted by Gasteiger charge is 2.60. The van der Waals surface area contributed by atoms with Gasteiger partial charge in [-0.25, -0.2) is 9.96 Å². The number of carbonyl (C=O) groups is 2. The van der Waals surface area contributed by atoms with Crippen LogP contribution in [0.4, 0.5) is 11.4 Å². The van der Waals surface area contributed by atoms with Gasteiger partial charge in [-0.05, 0) is 42.5 Å². The number of fused-ring (bicyclic) bond motifs is 1. The molecule has 0 radical (unpaired) electrons. The van der Waals surface area contributed by atoms with Crippen molar-refractivity contribution in [1.82, 2.24) is 0 Å².